The minimum Gasteiger partial charge on any atom is -0.495 e. The van der Waals surface area contributed by atoms with E-state index in [4.69, 9.17) is 21.4 Å². The van der Waals surface area contributed by atoms with Crippen LogP contribution in [0.25, 0.3) is 10.9 Å². The molecule has 0 aliphatic carbocycles. The number of pyridine rings is 1. The molecule has 3 N–H and O–H groups in total. The Hall–Kier alpha value is -3.34. The van der Waals surface area contributed by atoms with Gasteiger partial charge in [0.2, 0.25) is 0 Å². The van der Waals surface area contributed by atoms with Crippen molar-refractivity contribution in [2.75, 3.05) is 25.6 Å². The van der Waals surface area contributed by atoms with Crippen molar-refractivity contribution >= 4 is 34.1 Å². The lowest BCUT2D eigenvalue weighted by atomic mass is 10.1. The molecule has 1 aromatic heterocycles. The van der Waals surface area contributed by atoms with E-state index in [1.54, 1.807) is 37.4 Å². The van der Waals surface area contributed by atoms with Crippen LogP contribution in [0.2, 0.25) is 5.02 Å². The molecule has 0 unspecified atom stereocenters. The molecule has 1 heterocycles. The highest BCUT2D eigenvalue weighted by Crippen LogP contribution is 2.29. The number of rotatable bonds is 8. The van der Waals surface area contributed by atoms with Gasteiger partial charge in [0.1, 0.15) is 5.75 Å². The summed E-state index contributed by atoms with van der Waals surface area (Å²) >= 11 is 6.22. The topological polar surface area (TPSA) is 107 Å². The number of ether oxygens (including phenoxy) is 1. The first-order valence-corrected chi connectivity index (χ1v) is 9.73. The van der Waals surface area contributed by atoms with Gasteiger partial charge in [-0.25, -0.2) is 0 Å². The van der Waals surface area contributed by atoms with E-state index in [2.05, 4.69) is 21.7 Å². The molecule has 0 aliphatic heterocycles. The van der Waals surface area contributed by atoms with Gasteiger partial charge in [0.15, 0.2) is 0 Å². The average molecular weight is 425 g/mol. The molecular weight excluding hydrogens is 404 g/mol. The number of nitrogens with one attached hydrogen (secondary N) is 2. The Labute approximate surface area is 179 Å². The van der Waals surface area contributed by atoms with Crippen LogP contribution in [0, 0.1) is 11.3 Å². The van der Waals surface area contributed by atoms with E-state index in [0.29, 0.717) is 58.0 Å². The predicted octanol–water partition coefficient (Wildman–Crippen LogP) is 3.49. The number of halogens is 1. The molecule has 0 bridgehead atoms. The van der Waals surface area contributed by atoms with Gasteiger partial charge in [-0.1, -0.05) is 17.7 Å². The van der Waals surface area contributed by atoms with E-state index in [-0.39, 0.29) is 12.5 Å². The second-order valence-electron chi connectivity index (χ2n) is 6.55. The first kappa shape index (κ1) is 21.4. The quantitative estimate of drug-likeness (QED) is 0.478. The van der Waals surface area contributed by atoms with E-state index in [9.17, 15) is 10.1 Å². The molecule has 8 heteroatoms. The Kier molecular flexibility index (Phi) is 7.07. The number of aliphatic hydroxyl groups is 1. The number of hydrogen-bond donors (Lipinski definition) is 3. The minimum absolute atomic E-state index is 0.00881. The summed E-state index contributed by atoms with van der Waals surface area (Å²) in [7, 11) is 1.55. The Morgan fingerprint density at radius 1 is 1.30 bits per heavy atom. The van der Waals surface area contributed by atoms with Crippen LogP contribution in [0.5, 0.6) is 5.75 Å². The molecule has 0 fully saturated rings. The number of nitrogens with zero attached hydrogens (tertiary/aromatic N) is 2. The number of aliphatic hydroxyl groups excluding tert-OH is 1. The van der Waals surface area contributed by atoms with Gasteiger partial charge in [-0.15, -0.1) is 0 Å². The molecule has 2 aromatic carbocycles. The third-order valence-electron chi connectivity index (χ3n) is 4.55. The highest BCUT2D eigenvalue weighted by atomic mass is 35.5. The maximum absolute atomic E-state index is 12.7. The molecule has 0 saturated heterocycles. The van der Waals surface area contributed by atoms with Gasteiger partial charge in [-0.3, -0.25) is 9.78 Å². The molecule has 0 atom stereocenters. The van der Waals surface area contributed by atoms with E-state index in [0.717, 1.165) is 5.56 Å². The van der Waals surface area contributed by atoms with Crippen molar-refractivity contribution in [1.29, 1.82) is 5.26 Å². The molecule has 0 saturated carbocycles. The van der Waals surface area contributed by atoms with Gasteiger partial charge in [0.05, 0.1) is 40.5 Å². The van der Waals surface area contributed by atoms with Crippen LogP contribution in [0.1, 0.15) is 27.9 Å². The van der Waals surface area contributed by atoms with Crippen molar-refractivity contribution < 1.29 is 14.6 Å². The zero-order valence-corrected chi connectivity index (χ0v) is 17.2. The summed E-state index contributed by atoms with van der Waals surface area (Å²) in [6, 6.07) is 12.7. The lowest BCUT2D eigenvalue weighted by Gasteiger charge is -2.15. The maximum atomic E-state index is 12.7. The number of nitriles is 1. The maximum Gasteiger partial charge on any atom is 0.254 e. The Bertz CT molecular complexity index is 1110. The highest BCUT2D eigenvalue weighted by molar-refractivity contribution is 6.32. The average Bonchev–Trinajstić information content (AvgIpc) is 2.77. The molecule has 154 valence electrons. The standard InChI is InChI=1S/C22H21ClN4O3/c1-30-20-6-4-15(10-18(20)23)12-27-21-16-9-14(11-24)3-5-19(16)26-13-17(21)22(29)25-7-2-8-28/h3-6,9-10,13,28H,2,7-8,12H2,1H3,(H,25,29)(H,26,27). The fraction of sp³-hybridized carbons (Fsp3) is 0.227. The molecule has 0 aliphatic rings. The minimum atomic E-state index is -0.310. The summed E-state index contributed by atoms with van der Waals surface area (Å²) in [5, 5.41) is 25.5. The largest absolute Gasteiger partial charge is 0.495 e. The van der Waals surface area contributed by atoms with Gasteiger partial charge >= 0.3 is 0 Å². The second-order valence-corrected chi connectivity index (χ2v) is 6.95. The van der Waals surface area contributed by atoms with Crippen molar-refractivity contribution in [3.63, 3.8) is 0 Å². The number of carbonyl (C=O) groups is 1. The van der Waals surface area contributed by atoms with Crippen molar-refractivity contribution in [2.24, 2.45) is 0 Å². The van der Waals surface area contributed by atoms with Crippen LogP contribution in [0.15, 0.2) is 42.6 Å². The molecule has 3 rings (SSSR count). The van der Waals surface area contributed by atoms with Crippen molar-refractivity contribution in [1.82, 2.24) is 10.3 Å². The van der Waals surface area contributed by atoms with Crippen molar-refractivity contribution in [2.45, 2.75) is 13.0 Å². The van der Waals surface area contributed by atoms with Crippen LogP contribution in [0.3, 0.4) is 0 Å². The lowest BCUT2D eigenvalue weighted by molar-refractivity contribution is 0.0951. The third-order valence-corrected chi connectivity index (χ3v) is 4.84. The summed E-state index contributed by atoms with van der Waals surface area (Å²) < 4.78 is 5.18. The van der Waals surface area contributed by atoms with Gasteiger partial charge < -0.3 is 20.5 Å². The number of amides is 1. The molecule has 7 nitrogen and oxygen atoms in total. The first-order chi connectivity index (χ1) is 14.6. The number of methoxy groups -OCH3 is 1. The zero-order valence-electron chi connectivity index (χ0n) is 16.4. The number of benzene rings is 2. The van der Waals surface area contributed by atoms with E-state index < -0.39 is 0 Å². The molecule has 30 heavy (non-hydrogen) atoms. The van der Waals surface area contributed by atoms with Gasteiger partial charge in [-0.2, -0.15) is 5.26 Å². The molecule has 3 aromatic rings. The molecular formula is C22H21ClN4O3. The summed E-state index contributed by atoms with van der Waals surface area (Å²) in [5.74, 6) is 0.271. The third kappa shape index (κ3) is 4.79. The van der Waals surface area contributed by atoms with E-state index in [1.807, 2.05) is 6.07 Å². The number of anilines is 1. The normalized spacial score (nSPS) is 10.5. The van der Waals surface area contributed by atoms with Gasteiger partial charge in [0.25, 0.3) is 5.91 Å². The monoisotopic (exact) mass is 424 g/mol. The van der Waals surface area contributed by atoms with Crippen molar-refractivity contribution in [3.8, 4) is 11.8 Å². The summed E-state index contributed by atoms with van der Waals surface area (Å²) in [4.78, 5) is 17.1. The fourth-order valence-electron chi connectivity index (χ4n) is 3.01. The summed E-state index contributed by atoms with van der Waals surface area (Å²) in [5.41, 5.74) is 2.96. The SMILES string of the molecule is COc1ccc(CNc2c(C(=O)NCCCO)cnc3ccc(C#N)cc23)cc1Cl. The van der Waals surface area contributed by atoms with Gasteiger partial charge in [0, 0.05) is 31.3 Å². The van der Waals surface area contributed by atoms with E-state index in [1.165, 1.54) is 6.20 Å². The van der Waals surface area contributed by atoms with E-state index >= 15 is 0 Å². The second kappa shape index (κ2) is 9.92. The van der Waals surface area contributed by atoms with Crippen LogP contribution in [0.4, 0.5) is 5.69 Å². The number of carbonyl (C=O) groups excluding carboxylic acids is 1. The van der Waals surface area contributed by atoms with Crippen LogP contribution in [-0.4, -0.2) is 36.3 Å². The fourth-order valence-corrected chi connectivity index (χ4v) is 3.29. The molecule has 1 amide bonds. The Morgan fingerprint density at radius 3 is 2.83 bits per heavy atom. The number of aromatic nitrogens is 1. The molecule has 0 spiro atoms. The molecule has 0 radical (unpaired) electrons. The highest BCUT2D eigenvalue weighted by Gasteiger charge is 2.16. The summed E-state index contributed by atoms with van der Waals surface area (Å²) in [6.45, 7) is 0.737. The van der Waals surface area contributed by atoms with Gasteiger partial charge in [-0.05, 0) is 42.3 Å². The smallest absolute Gasteiger partial charge is 0.254 e. The lowest BCUT2D eigenvalue weighted by Crippen LogP contribution is -2.26. The van der Waals surface area contributed by atoms with Crippen molar-refractivity contribution in [3.05, 3.63) is 64.3 Å². The summed E-state index contributed by atoms with van der Waals surface area (Å²) in [6.07, 6.45) is 1.96. The van der Waals surface area contributed by atoms with Crippen LogP contribution < -0.4 is 15.4 Å². The Morgan fingerprint density at radius 2 is 2.13 bits per heavy atom. The first-order valence-electron chi connectivity index (χ1n) is 9.35. The predicted molar refractivity (Wildman–Crippen MR) is 116 cm³/mol. The zero-order chi connectivity index (χ0) is 21.5. The number of hydrogen-bond acceptors (Lipinski definition) is 6. The van der Waals surface area contributed by atoms with Crippen LogP contribution in [-0.2, 0) is 6.54 Å². The number of fused-ring (bicyclic) bond motifs is 1. The Balaban J connectivity index is 1.98. The van der Waals surface area contributed by atoms with Crippen LogP contribution >= 0.6 is 11.6 Å².